The van der Waals surface area contributed by atoms with E-state index in [1.165, 1.54) is 38.1 Å². The van der Waals surface area contributed by atoms with Gasteiger partial charge in [-0.3, -0.25) is 19.2 Å². The molecule has 2 heterocycles. The van der Waals surface area contributed by atoms with Gasteiger partial charge in [0.05, 0.1) is 36.4 Å². The van der Waals surface area contributed by atoms with Crippen LogP contribution in [0.25, 0.3) is 32.9 Å². The van der Waals surface area contributed by atoms with E-state index in [1.807, 2.05) is 190 Å². The predicted octanol–water partition coefficient (Wildman–Crippen LogP) is 21.7. The number of hydrogen-bond acceptors (Lipinski definition) is 20. The number of fused-ring (bicyclic) bond motifs is 6. The molecule has 0 amide bonds. The number of Topliss-reactive ketones (excluding diaryl/α,β-unsaturated/α-hetero) is 1. The molecular weight excluding hydrogens is 1530 g/mol. The molecule has 0 bridgehead atoms. The van der Waals surface area contributed by atoms with Crippen molar-refractivity contribution in [2.24, 2.45) is 20.6 Å². The monoisotopic (exact) mass is 1630 g/mol. The summed E-state index contributed by atoms with van der Waals surface area (Å²) in [7, 11) is 0. The molecule has 2 aliphatic rings. The van der Waals surface area contributed by atoms with Crippen LogP contribution in [0.5, 0.6) is 0 Å². The molecule has 21 heteroatoms. The lowest BCUT2D eigenvalue weighted by Gasteiger charge is -2.28. The van der Waals surface area contributed by atoms with Crippen LogP contribution in [-0.4, -0.2) is 107 Å². The molecule has 0 N–H and O–H groups in total. The number of anilines is 1. The van der Waals surface area contributed by atoms with E-state index in [4.69, 9.17) is 19.2 Å². The SMILES string of the molecule is C=C(/C=C\CSc1ccccc1C=O)/C=N/OC(C)=O.CCC1c2ccc(C(=O)c3ccc(N4CCOCC4)cc3)cc2-c2cc(C(C)=NOC(C)=O)ccc21.CCCCCCC(=NOC(=O)c1ccccc1)C(=O)c1ccc(Sc2ccccc2)cc1.CCn1c2ccc(C(=O)c3ccccc3C)cc2c2cc(C(C)=NOC(C)=O)ccc21. The largest absolute Gasteiger partial charge is 0.378 e. The van der Waals surface area contributed by atoms with Gasteiger partial charge in [0.15, 0.2) is 17.9 Å². The van der Waals surface area contributed by atoms with Crippen LogP contribution >= 0.6 is 23.5 Å². The molecule has 19 nitrogen and oxygen atoms in total. The van der Waals surface area contributed by atoms with Gasteiger partial charge in [0.1, 0.15) is 5.71 Å². The highest BCUT2D eigenvalue weighted by molar-refractivity contribution is 7.99. The number of rotatable bonds is 29. The highest BCUT2D eigenvalue weighted by Gasteiger charge is 2.30. The first-order valence-electron chi connectivity index (χ1n) is 39.5. The zero-order valence-electron chi connectivity index (χ0n) is 68.3. The summed E-state index contributed by atoms with van der Waals surface area (Å²) in [6.45, 7) is 23.7. The van der Waals surface area contributed by atoms with E-state index in [1.54, 1.807) is 79.0 Å². The standard InChI is InChI=1S/C30H30N2O4.C27H27NO3S.C26H24N2O3.C15H15NO3S/c1-4-25-26-11-7-22(19(2)31-36-20(3)33)17-28(26)29-18-23(8-12-27(25)29)30(34)21-5-9-24(10-6-21)32-13-15-35-16-14-32;1-2-3-4-11-16-25(28-31-27(30)22-12-7-5-8-13-22)26(29)21-17-19-24(20-18-21)32-23-14-9-6-10-15-23;1-5-28-24-12-10-19(17(3)27-31-18(4)29)14-22(24)23-15-20(11-13-25(23)28)26(30)21-9-7-6-8-16(21)2;1-12(10-16-19-13(2)18)6-5-9-20-15-8-4-3-7-14(15)11-17/h5-12,17-18,25H,4,13-16H2,1-3H3;5-10,12-15,17-20H,2-4,11,16H2,1H3;6-15H,5H2,1-4H3;3-8,10-11H,1,9H2,2H3/b;;;6-5-,16-10+. The number of nitrogens with zero attached hydrogens (tertiary/aromatic N) is 6. The number of allylic oxidation sites excluding steroid dienone is 2. The van der Waals surface area contributed by atoms with E-state index in [-0.39, 0.29) is 29.0 Å². The second-order valence-corrected chi connectivity index (χ2v) is 30.2. The molecular formula is C98H96N6O13S2. The molecule has 1 saturated heterocycles. The number of unbranched alkanes of at least 4 members (excludes halogenated alkanes) is 3. The molecule has 0 spiro atoms. The molecule has 1 unspecified atom stereocenters. The summed E-state index contributed by atoms with van der Waals surface area (Å²) < 4.78 is 7.67. The van der Waals surface area contributed by atoms with E-state index >= 15 is 0 Å². The number of ether oxygens (including phenoxy) is 1. The highest BCUT2D eigenvalue weighted by atomic mass is 32.2. The summed E-state index contributed by atoms with van der Waals surface area (Å²) in [6, 6.07) is 73.3. The van der Waals surface area contributed by atoms with Crippen molar-refractivity contribution in [2.45, 2.75) is 128 Å². The van der Waals surface area contributed by atoms with Crippen molar-refractivity contribution in [3.05, 3.63) is 322 Å². The summed E-state index contributed by atoms with van der Waals surface area (Å²) in [5.74, 6) is -1.15. The summed E-state index contributed by atoms with van der Waals surface area (Å²) >= 11 is 3.19. The molecule has 1 atom stereocenters. The Kier molecular flexibility index (Phi) is 33.1. The third-order valence-corrected chi connectivity index (χ3v) is 21.7. The zero-order chi connectivity index (χ0) is 84.7. The van der Waals surface area contributed by atoms with Crippen molar-refractivity contribution in [3.8, 4) is 11.1 Å². The Bertz CT molecular complexity index is 5630. The number of thioether (sulfide) groups is 1. The topological polar surface area (TPSA) is 240 Å². The number of oxime groups is 4. The first-order chi connectivity index (χ1) is 57.7. The van der Waals surface area contributed by atoms with Crippen LogP contribution < -0.4 is 4.90 Å². The number of benzene rings is 10. The fourth-order valence-electron chi connectivity index (χ4n) is 13.5. The lowest BCUT2D eigenvalue weighted by atomic mass is 9.93. The normalized spacial score (nSPS) is 13.0. The van der Waals surface area contributed by atoms with E-state index in [0.717, 1.165) is 141 Å². The van der Waals surface area contributed by atoms with Gasteiger partial charge in [0.25, 0.3) is 0 Å². The van der Waals surface area contributed by atoms with E-state index in [0.29, 0.717) is 68.1 Å². The maximum atomic E-state index is 13.4. The van der Waals surface area contributed by atoms with Crippen molar-refractivity contribution < 1.29 is 62.4 Å². The Hall–Kier alpha value is -12.8. The summed E-state index contributed by atoms with van der Waals surface area (Å²) in [5, 5.41) is 17.3. The van der Waals surface area contributed by atoms with Gasteiger partial charge in [-0.1, -0.05) is 193 Å². The molecule has 1 aromatic heterocycles. The first-order valence-corrected chi connectivity index (χ1v) is 41.3. The predicted molar refractivity (Wildman–Crippen MR) is 475 cm³/mol. The van der Waals surface area contributed by atoms with Gasteiger partial charge < -0.3 is 33.6 Å². The number of ketones is 3. The Balaban J connectivity index is 0.000000170. The average molecular weight is 1630 g/mol. The minimum Gasteiger partial charge on any atom is -0.378 e. The van der Waals surface area contributed by atoms with Crippen LogP contribution in [-0.2, 0) is 45.0 Å². The molecule has 0 saturated carbocycles. The maximum absolute atomic E-state index is 13.4. The van der Waals surface area contributed by atoms with E-state index in [9.17, 15) is 38.4 Å². The number of aldehydes is 1. The van der Waals surface area contributed by atoms with Gasteiger partial charge in [0.2, 0.25) is 5.78 Å². The minimum absolute atomic E-state index is 0.0107. The Labute approximate surface area is 702 Å². The van der Waals surface area contributed by atoms with Crippen molar-refractivity contribution in [3.63, 3.8) is 0 Å². The molecule has 119 heavy (non-hydrogen) atoms. The maximum Gasteiger partial charge on any atom is 0.365 e. The van der Waals surface area contributed by atoms with Crippen molar-refractivity contribution in [2.75, 3.05) is 37.0 Å². The van der Waals surface area contributed by atoms with Gasteiger partial charge in [-0.2, -0.15) is 0 Å². The van der Waals surface area contributed by atoms with Gasteiger partial charge in [0, 0.05) is 128 Å². The van der Waals surface area contributed by atoms with E-state index < -0.39 is 23.9 Å². The summed E-state index contributed by atoms with van der Waals surface area (Å²) in [4.78, 5) is 120. The number of aromatic nitrogens is 1. The third-order valence-electron chi connectivity index (χ3n) is 19.6. The van der Waals surface area contributed by atoms with Crippen molar-refractivity contribution in [1.29, 1.82) is 0 Å². The Morgan fingerprint density at radius 3 is 1.68 bits per heavy atom. The average Bonchev–Trinajstić information content (AvgIpc) is 1.60. The van der Waals surface area contributed by atoms with Crippen LogP contribution in [0.15, 0.2) is 290 Å². The van der Waals surface area contributed by atoms with Crippen LogP contribution in [0.2, 0.25) is 0 Å². The fourth-order valence-corrected chi connectivity index (χ4v) is 15.2. The Morgan fingerprint density at radius 1 is 0.529 bits per heavy atom. The summed E-state index contributed by atoms with van der Waals surface area (Å²) in [5.41, 5.74) is 17.1. The second-order valence-electron chi connectivity index (χ2n) is 28.0. The Morgan fingerprint density at radius 2 is 1.07 bits per heavy atom. The molecule has 608 valence electrons. The fraction of sp³-hybridized carbons (Fsp3) is 0.224. The van der Waals surface area contributed by atoms with Crippen LogP contribution in [0.3, 0.4) is 0 Å². The zero-order valence-corrected chi connectivity index (χ0v) is 70.0. The molecule has 1 aliphatic carbocycles. The molecule has 13 rings (SSSR count). The van der Waals surface area contributed by atoms with Crippen LogP contribution in [0.1, 0.15) is 191 Å². The van der Waals surface area contributed by atoms with Crippen LogP contribution in [0.4, 0.5) is 5.69 Å². The van der Waals surface area contributed by atoms with Gasteiger partial charge in [-0.25, -0.2) is 19.2 Å². The number of carbonyl (C=O) groups is 8. The second kappa shape index (κ2) is 44.5. The smallest absolute Gasteiger partial charge is 0.365 e. The lowest BCUT2D eigenvalue weighted by Crippen LogP contribution is -2.36. The number of hydrogen-bond donors (Lipinski definition) is 0. The molecule has 1 fully saturated rings. The van der Waals surface area contributed by atoms with Gasteiger partial charge >= 0.3 is 23.9 Å². The number of morpholine rings is 1. The quantitative estimate of drug-likeness (QED) is 0.00618. The minimum atomic E-state index is -0.570. The van der Waals surface area contributed by atoms with Gasteiger partial charge in [-0.05, 0) is 213 Å². The summed E-state index contributed by atoms with van der Waals surface area (Å²) in [6.07, 6.45) is 11.3. The van der Waals surface area contributed by atoms with Crippen molar-refractivity contribution in [1.82, 2.24) is 4.57 Å². The lowest BCUT2D eigenvalue weighted by molar-refractivity contribution is -0.141. The van der Waals surface area contributed by atoms with Gasteiger partial charge in [-0.15, -0.1) is 11.8 Å². The van der Waals surface area contributed by atoms with E-state index in [2.05, 4.69) is 80.5 Å². The molecule has 11 aromatic rings. The first kappa shape index (κ1) is 88.5. The van der Waals surface area contributed by atoms with Crippen molar-refractivity contribution >= 4 is 122 Å². The molecule has 0 radical (unpaired) electrons. The third kappa shape index (κ3) is 24.6. The molecule has 1 aliphatic heterocycles. The highest BCUT2D eigenvalue weighted by Crippen LogP contribution is 2.47. The number of carbonyl (C=O) groups excluding carboxylic acids is 8. The molecule has 10 aromatic carbocycles. The number of aryl methyl sites for hydroxylation is 2. The van der Waals surface area contributed by atoms with Crippen LogP contribution in [0, 0.1) is 6.92 Å².